The number of carbonyl (C=O) groups excluding carboxylic acids is 1. The van der Waals surface area contributed by atoms with Gasteiger partial charge in [-0.1, -0.05) is 11.2 Å². The quantitative estimate of drug-likeness (QED) is 0.938. The van der Waals surface area contributed by atoms with Gasteiger partial charge in [0, 0.05) is 25.0 Å². The van der Waals surface area contributed by atoms with Crippen molar-refractivity contribution in [1.82, 2.24) is 20.4 Å². The molecule has 0 aliphatic rings. The highest BCUT2D eigenvalue weighted by atomic mass is 16.5. The maximum Gasteiger partial charge on any atom is 0.317 e. The largest absolute Gasteiger partial charge is 0.361 e. The molecule has 0 saturated carbocycles. The Morgan fingerprint density at radius 2 is 2.24 bits per heavy atom. The number of amides is 2. The van der Waals surface area contributed by atoms with Crippen LogP contribution in [0.25, 0.3) is 0 Å². The van der Waals surface area contributed by atoms with Gasteiger partial charge in [0.1, 0.15) is 5.76 Å². The summed E-state index contributed by atoms with van der Waals surface area (Å²) >= 11 is 0. The highest BCUT2D eigenvalue weighted by Crippen LogP contribution is 2.15. The summed E-state index contributed by atoms with van der Waals surface area (Å²) < 4.78 is 5.11. The average Bonchev–Trinajstić information content (AvgIpc) is 2.79. The van der Waals surface area contributed by atoms with Crippen molar-refractivity contribution in [2.75, 3.05) is 7.05 Å². The fourth-order valence-electron chi connectivity index (χ4n) is 2.05. The first-order valence-corrected chi connectivity index (χ1v) is 6.82. The van der Waals surface area contributed by atoms with Gasteiger partial charge in [-0.05, 0) is 32.4 Å². The van der Waals surface area contributed by atoms with Crippen LogP contribution in [0.4, 0.5) is 4.79 Å². The number of carbonyl (C=O) groups is 1. The van der Waals surface area contributed by atoms with Crippen LogP contribution in [0.1, 0.15) is 35.5 Å². The molecule has 1 N–H and O–H groups in total. The lowest BCUT2D eigenvalue weighted by Crippen LogP contribution is -2.38. The van der Waals surface area contributed by atoms with Gasteiger partial charge in [-0.15, -0.1) is 0 Å². The zero-order valence-corrected chi connectivity index (χ0v) is 12.8. The first kappa shape index (κ1) is 15.0. The second kappa shape index (κ2) is 6.39. The molecule has 6 heteroatoms. The Labute approximate surface area is 124 Å². The van der Waals surface area contributed by atoms with E-state index in [2.05, 4.69) is 15.5 Å². The Balaban J connectivity index is 1.97. The summed E-state index contributed by atoms with van der Waals surface area (Å²) in [6.07, 6.45) is 3.46. The summed E-state index contributed by atoms with van der Waals surface area (Å²) in [5.74, 6) is 0.743. The number of nitrogens with one attached hydrogen (secondary N) is 1. The summed E-state index contributed by atoms with van der Waals surface area (Å²) in [4.78, 5) is 17.9. The maximum absolute atomic E-state index is 12.2. The van der Waals surface area contributed by atoms with Gasteiger partial charge in [0.15, 0.2) is 0 Å². The van der Waals surface area contributed by atoms with Crippen LogP contribution in [-0.2, 0) is 6.54 Å². The summed E-state index contributed by atoms with van der Waals surface area (Å²) in [6, 6.07) is 3.54. The lowest BCUT2D eigenvalue weighted by Gasteiger charge is -2.21. The Kier molecular flexibility index (Phi) is 4.57. The molecule has 0 aliphatic heterocycles. The molecule has 112 valence electrons. The van der Waals surface area contributed by atoms with Gasteiger partial charge in [0.05, 0.1) is 18.3 Å². The molecule has 1 atom stereocenters. The van der Waals surface area contributed by atoms with Gasteiger partial charge < -0.3 is 14.7 Å². The van der Waals surface area contributed by atoms with Crippen LogP contribution in [0, 0.1) is 13.8 Å². The summed E-state index contributed by atoms with van der Waals surface area (Å²) in [6.45, 7) is 6.11. The van der Waals surface area contributed by atoms with E-state index in [-0.39, 0.29) is 12.1 Å². The predicted octanol–water partition coefficient (Wildman–Crippen LogP) is 2.59. The predicted molar refractivity (Wildman–Crippen MR) is 78.6 cm³/mol. The molecule has 1 unspecified atom stereocenters. The molecule has 0 saturated heterocycles. The first-order valence-electron chi connectivity index (χ1n) is 6.82. The number of pyridine rings is 1. The monoisotopic (exact) mass is 288 g/mol. The van der Waals surface area contributed by atoms with Gasteiger partial charge in [-0.3, -0.25) is 4.98 Å². The normalized spacial score (nSPS) is 12.0. The van der Waals surface area contributed by atoms with Crippen molar-refractivity contribution in [3.63, 3.8) is 0 Å². The minimum absolute atomic E-state index is 0.0988. The number of rotatable bonds is 4. The minimum atomic E-state index is -0.147. The Bertz CT molecular complexity index is 590. The van der Waals surface area contributed by atoms with Gasteiger partial charge in [-0.25, -0.2) is 4.79 Å². The molecule has 2 amide bonds. The van der Waals surface area contributed by atoms with E-state index in [1.807, 2.05) is 32.9 Å². The average molecular weight is 288 g/mol. The molecular weight excluding hydrogens is 268 g/mol. The van der Waals surface area contributed by atoms with E-state index < -0.39 is 0 Å². The lowest BCUT2D eigenvalue weighted by molar-refractivity contribution is 0.203. The fourth-order valence-corrected chi connectivity index (χ4v) is 2.05. The summed E-state index contributed by atoms with van der Waals surface area (Å²) in [7, 11) is 1.75. The topological polar surface area (TPSA) is 71.3 Å². The third kappa shape index (κ3) is 3.59. The Morgan fingerprint density at radius 1 is 1.48 bits per heavy atom. The Hall–Kier alpha value is -2.37. The summed E-state index contributed by atoms with van der Waals surface area (Å²) in [5.41, 5.74) is 2.73. The molecule has 0 radical (unpaired) electrons. The molecule has 6 nitrogen and oxygen atoms in total. The Morgan fingerprint density at radius 3 is 2.81 bits per heavy atom. The number of urea groups is 1. The molecule has 2 heterocycles. The van der Waals surface area contributed by atoms with E-state index >= 15 is 0 Å². The van der Waals surface area contributed by atoms with Gasteiger partial charge in [0.2, 0.25) is 0 Å². The number of hydrogen-bond acceptors (Lipinski definition) is 4. The van der Waals surface area contributed by atoms with Crippen LogP contribution in [0.15, 0.2) is 29.0 Å². The van der Waals surface area contributed by atoms with E-state index in [9.17, 15) is 4.79 Å². The van der Waals surface area contributed by atoms with Crippen molar-refractivity contribution in [3.05, 3.63) is 47.1 Å². The maximum atomic E-state index is 12.2. The van der Waals surface area contributed by atoms with Crippen molar-refractivity contribution < 1.29 is 9.32 Å². The van der Waals surface area contributed by atoms with Crippen LogP contribution in [0.2, 0.25) is 0 Å². The van der Waals surface area contributed by atoms with Crippen LogP contribution in [0.5, 0.6) is 0 Å². The van der Waals surface area contributed by atoms with Gasteiger partial charge in [0.25, 0.3) is 0 Å². The number of aromatic nitrogens is 2. The summed E-state index contributed by atoms with van der Waals surface area (Å²) in [5, 5.41) is 6.84. The molecule has 0 aliphatic carbocycles. The van der Waals surface area contributed by atoms with Crippen LogP contribution >= 0.6 is 0 Å². The van der Waals surface area contributed by atoms with Crippen molar-refractivity contribution >= 4 is 6.03 Å². The molecular formula is C15H20N4O2. The SMILES string of the molecule is Cc1noc(C)c1CN(C)C(=O)NC(C)c1cccnc1. The highest BCUT2D eigenvalue weighted by Gasteiger charge is 2.17. The second-order valence-corrected chi connectivity index (χ2v) is 5.12. The first-order chi connectivity index (χ1) is 9.99. The number of aryl methyl sites for hydroxylation is 2. The molecule has 2 rings (SSSR count). The van der Waals surface area contributed by atoms with E-state index in [1.165, 1.54) is 0 Å². The van der Waals surface area contributed by atoms with Crippen LogP contribution in [0.3, 0.4) is 0 Å². The van der Waals surface area contributed by atoms with Crippen molar-refractivity contribution in [1.29, 1.82) is 0 Å². The zero-order chi connectivity index (χ0) is 15.4. The number of nitrogens with zero attached hydrogens (tertiary/aromatic N) is 3. The standard InChI is InChI=1S/C15H20N4O2/c1-10(13-6-5-7-16-8-13)17-15(20)19(4)9-14-11(2)18-21-12(14)3/h5-8,10H,9H2,1-4H3,(H,17,20). The van der Waals surface area contributed by atoms with Crippen molar-refractivity contribution in [2.45, 2.75) is 33.4 Å². The van der Waals surface area contributed by atoms with Crippen molar-refractivity contribution in [2.24, 2.45) is 0 Å². The van der Waals surface area contributed by atoms with Crippen LogP contribution < -0.4 is 5.32 Å². The van der Waals surface area contributed by atoms with Gasteiger partial charge in [-0.2, -0.15) is 0 Å². The van der Waals surface area contributed by atoms with E-state index in [0.29, 0.717) is 6.54 Å². The molecule has 2 aromatic heterocycles. The highest BCUT2D eigenvalue weighted by molar-refractivity contribution is 5.74. The third-order valence-corrected chi connectivity index (χ3v) is 3.45. The van der Waals surface area contributed by atoms with Crippen molar-refractivity contribution in [3.8, 4) is 0 Å². The lowest BCUT2D eigenvalue weighted by atomic mass is 10.1. The second-order valence-electron chi connectivity index (χ2n) is 5.12. The smallest absolute Gasteiger partial charge is 0.317 e. The fraction of sp³-hybridized carbons (Fsp3) is 0.400. The molecule has 0 fully saturated rings. The van der Waals surface area contributed by atoms with E-state index in [4.69, 9.17) is 4.52 Å². The molecule has 0 bridgehead atoms. The van der Waals surface area contributed by atoms with E-state index in [1.54, 1.807) is 24.3 Å². The molecule has 21 heavy (non-hydrogen) atoms. The molecule has 2 aromatic rings. The van der Waals surface area contributed by atoms with Gasteiger partial charge >= 0.3 is 6.03 Å². The molecule has 0 aromatic carbocycles. The van der Waals surface area contributed by atoms with E-state index in [0.717, 1.165) is 22.6 Å². The third-order valence-electron chi connectivity index (χ3n) is 3.45. The zero-order valence-electron chi connectivity index (χ0n) is 12.8. The van der Waals surface area contributed by atoms with Crippen LogP contribution in [-0.4, -0.2) is 28.1 Å². The number of hydrogen-bond donors (Lipinski definition) is 1. The minimum Gasteiger partial charge on any atom is -0.361 e. The molecule has 0 spiro atoms.